The van der Waals surface area contributed by atoms with Crippen molar-refractivity contribution < 1.29 is 9.21 Å². The van der Waals surface area contributed by atoms with E-state index in [1.54, 1.807) is 12.1 Å². The molecule has 0 saturated carbocycles. The number of hydrogen-bond acceptors (Lipinski definition) is 3. The summed E-state index contributed by atoms with van der Waals surface area (Å²) in [5, 5.41) is 5.78. The highest BCUT2D eigenvalue weighted by atomic mass is 127. The van der Waals surface area contributed by atoms with Crippen LogP contribution < -0.4 is 10.6 Å². The number of carbonyl (C=O) groups is 1. The number of nitrogens with one attached hydrogen (secondary N) is 2. The SMILES string of the molecule is Cc1cc(I)ccc1NC(=S)NC(=O)c1ccco1. The number of benzene rings is 1. The van der Waals surface area contributed by atoms with Crippen LogP contribution >= 0.6 is 34.8 Å². The van der Waals surface area contributed by atoms with Gasteiger partial charge < -0.3 is 9.73 Å². The number of amides is 1. The van der Waals surface area contributed by atoms with E-state index in [0.29, 0.717) is 0 Å². The highest BCUT2D eigenvalue weighted by molar-refractivity contribution is 14.1. The number of carbonyl (C=O) groups excluding carboxylic acids is 1. The van der Waals surface area contributed by atoms with Gasteiger partial charge in [0.15, 0.2) is 10.9 Å². The highest BCUT2D eigenvalue weighted by Crippen LogP contribution is 2.17. The normalized spacial score (nSPS) is 10.0. The van der Waals surface area contributed by atoms with Crippen molar-refractivity contribution in [2.75, 3.05) is 5.32 Å². The molecule has 0 fully saturated rings. The summed E-state index contributed by atoms with van der Waals surface area (Å²) in [6.45, 7) is 1.97. The van der Waals surface area contributed by atoms with Gasteiger partial charge in [-0.15, -0.1) is 0 Å². The monoisotopic (exact) mass is 386 g/mol. The van der Waals surface area contributed by atoms with Crippen molar-refractivity contribution in [1.82, 2.24) is 5.32 Å². The van der Waals surface area contributed by atoms with Crippen LogP contribution in [0.4, 0.5) is 5.69 Å². The van der Waals surface area contributed by atoms with Crippen molar-refractivity contribution in [2.45, 2.75) is 6.92 Å². The van der Waals surface area contributed by atoms with Crippen molar-refractivity contribution >= 4 is 51.5 Å². The molecule has 0 unspecified atom stereocenters. The zero-order valence-electron chi connectivity index (χ0n) is 10.1. The molecule has 0 radical (unpaired) electrons. The standard InChI is InChI=1S/C13H11IN2O2S/c1-8-7-9(14)4-5-10(8)15-13(19)16-12(17)11-3-2-6-18-11/h2-7H,1H3,(H2,15,16,17,19). The quantitative estimate of drug-likeness (QED) is 0.614. The van der Waals surface area contributed by atoms with Crippen LogP contribution in [0.5, 0.6) is 0 Å². The first kappa shape index (κ1) is 14.0. The molecule has 19 heavy (non-hydrogen) atoms. The van der Waals surface area contributed by atoms with Gasteiger partial charge in [0.05, 0.1) is 6.26 Å². The molecule has 1 heterocycles. The number of halogens is 1. The molecule has 4 nitrogen and oxygen atoms in total. The van der Waals surface area contributed by atoms with Crippen molar-refractivity contribution in [1.29, 1.82) is 0 Å². The van der Waals surface area contributed by atoms with E-state index in [0.717, 1.165) is 14.8 Å². The van der Waals surface area contributed by atoms with Crippen LogP contribution in [0, 0.1) is 10.5 Å². The lowest BCUT2D eigenvalue weighted by Crippen LogP contribution is -2.34. The van der Waals surface area contributed by atoms with Gasteiger partial charge in [-0.1, -0.05) is 0 Å². The Bertz CT molecular complexity index is 611. The Morgan fingerprint density at radius 1 is 1.37 bits per heavy atom. The lowest BCUT2D eigenvalue weighted by Gasteiger charge is -2.11. The number of aryl methyl sites for hydroxylation is 1. The Balaban J connectivity index is 2.00. The number of anilines is 1. The molecule has 2 aromatic rings. The summed E-state index contributed by atoms with van der Waals surface area (Å²) < 4.78 is 6.13. The molecule has 0 aliphatic carbocycles. The van der Waals surface area contributed by atoms with Gasteiger partial charge in [-0.2, -0.15) is 0 Å². The van der Waals surface area contributed by atoms with Crippen LogP contribution in [0.3, 0.4) is 0 Å². The second-order valence-electron chi connectivity index (χ2n) is 3.84. The number of thiocarbonyl (C=S) groups is 1. The third-order valence-corrected chi connectivity index (χ3v) is 3.28. The average Bonchev–Trinajstić information content (AvgIpc) is 2.86. The van der Waals surface area contributed by atoms with Crippen LogP contribution in [0.25, 0.3) is 0 Å². The Morgan fingerprint density at radius 3 is 2.79 bits per heavy atom. The average molecular weight is 386 g/mol. The number of furan rings is 1. The summed E-state index contributed by atoms with van der Waals surface area (Å²) in [4.78, 5) is 11.7. The molecule has 2 rings (SSSR count). The van der Waals surface area contributed by atoms with Gasteiger partial charge in [0.2, 0.25) is 0 Å². The molecule has 0 spiro atoms. The molecule has 98 valence electrons. The maximum Gasteiger partial charge on any atom is 0.293 e. The molecule has 0 aliphatic heterocycles. The van der Waals surface area contributed by atoms with E-state index in [2.05, 4.69) is 33.2 Å². The number of rotatable bonds is 2. The van der Waals surface area contributed by atoms with Gasteiger partial charge in [-0.05, 0) is 77.6 Å². The summed E-state index contributed by atoms with van der Waals surface area (Å²) in [7, 11) is 0. The fourth-order valence-electron chi connectivity index (χ4n) is 1.49. The molecular formula is C13H11IN2O2S. The fraction of sp³-hybridized carbons (Fsp3) is 0.0769. The fourth-order valence-corrected chi connectivity index (χ4v) is 2.34. The van der Waals surface area contributed by atoms with Crippen molar-refractivity contribution in [3.63, 3.8) is 0 Å². The van der Waals surface area contributed by atoms with Crippen LogP contribution in [-0.2, 0) is 0 Å². The minimum atomic E-state index is -0.370. The van der Waals surface area contributed by atoms with Crippen LogP contribution in [0.1, 0.15) is 16.1 Å². The Labute approximate surface area is 129 Å². The molecule has 0 atom stereocenters. The maximum absolute atomic E-state index is 11.7. The molecule has 0 bridgehead atoms. The zero-order valence-corrected chi connectivity index (χ0v) is 13.0. The van der Waals surface area contributed by atoms with Gasteiger partial charge in [0.25, 0.3) is 5.91 Å². The minimum Gasteiger partial charge on any atom is -0.459 e. The lowest BCUT2D eigenvalue weighted by atomic mass is 10.2. The summed E-state index contributed by atoms with van der Waals surface area (Å²) in [5.41, 5.74) is 1.92. The van der Waals surface area contributed by atoms with E-state index in [-0.39, 0.29) is 16.8 Å². The van der Waals surface area contributed by atoms with Gasteiger partial charge in [-0.3, -0.25) is 10.1 Å². The lowest BCUT2D eigenvalue weighted by molar-refractivity contribution is 0.0950. The Kier molecular flexibility index (Phi) is 4.54. The van der Waals surface area contributed by atoms with Crippen LogP contribution in [-0.4, -0.2) is 11.0 Å². The smallest absolute Gasteiger partial charge is 0.293 e. The van der Waals surface area contributed by atoms with E-state index in [9.17, 15) is 4.79 Å². The first-order valence-corrected chi connectivity index (χ1v) is 6.97. The largest absolute Gasteiger partial charge is 0.459 e. The molecule has 6 heteroatoms. The second kappa shape index (κ2) is 6.16. The van der Waals surface area contributed by atoms with Crippen molar-refractivity contribution in [3.05, 3.63) is 51.5 Å². The second-order valence-corrected chi connectivity index (χ2v) is 5.50. The molecule has 1 amide bonds. The first-order chi connectivity index (χ1) is 9.06. The molecular weight excluding hydrogens is 375 g/mol. The van der Waals surface area contributed by atoms with Gasteiger partial charge >= 0.3 is 0 Å². The van der Waals surface area contributed by atoms with Gasteiger partial charge in [0.1, 0.15) is 0 Å². The van der Waals surface area contributed by atoms with E-state index in [1.165, 1.54) is 6.26 Å². The van der Waals surface area contributed by atoms with Crippen LogP contribution in [0.15, 0.2) is 41.0 Å². The third-order valence-electron chi connectivity index (χ3n) is 2.41. The zero-order chi connectivity index (χ0) is 13.8. The van der Waals surface area contributed by atoms with E-state index in [1.807, 2.05) is 25.1 Å². The molecule has 0 aliphatic rings. The minimum absolute atomic E-state index is 0.225. The summed E-state index contributed by atoms with van der Waals surface area (Å²) in [5.74, 6) is -0.144. The first-order valence-electron chi connectivity index (χ1n) is 5.48. The Hall–Kier alpha value is -1.41. The van der Waals surface area contributed by atoms with Crippen molar-refractivity contribution in [2.24, 2.45) is 0 Å². The summed E-state index contributed by atoms with van der Waals surface area (Å²) in [6.07, 6.45) is 1.44. The molecule has 0 saturated heterocycles. The molecule has 1 aromatic carbocycles. The molecule has 2 N–H and O–H groups in total. The summed E-state index contributed by atoms with van der Waals surface area (Å²) >= 11 is 7.33. The van der Waals surface area contributed by atoms with Gasteiger partial charge in [-0.25, -0.2) is 0 Å². The maximum atomic E-state index is 11.7. The predicted octanol–water partition coefficient (Wildman–Crippen LogP) is 3.32. The van der Waals surface area contributed by atoms with E-state index in [4.69, 9.17) is 16.6 Å². The Morgan fingerprint density at radius 2 is 2.16 bits per heavy atom. The predicted molar refractivity (Wildman–Crippen MR) is 86.3 cm³/mol. The van der Waals surface area contributed by atoms with E-state index < -0.39 is 0 Å². The van der Waals surface area contributed by atoms with Crippen LogP contribution in [0.2, 0.25) is 0 Å². The summed E-state index contributed by atoms with van der Waals surface area (Å²) in [6, 6.07) is 9.14. The van der Waals surface area contributed by atoms with Crippen molar-refractivity contribution in [3.8, 4) is 0 Å². The third kappa shape index (κ3) is 3.77. The topological polar surface area (TPSA) is 54.3 Å². The molecule has 1 aromatic heterocycles. The van der Waals surface area contributed by atoms with E-state index >= 15 is 0 Å². The highest BCUT2D eigenvalue weighted by Gasteiger charge is 2.10. The number of hydrogen-bond donors (Lipinski definition) is 2. The van der Waals surface area contributed by atoms with Gasteiger partial charge in [0, 0.05) is 9.26 Å².